The molecule has 28 heavy (non-hydrogen) atoms. The first-order valence-corrected chi connectivity index (χ1v) is 11.1. The van der Waals surface area contributed by atoms with E-state index in [1.54, 1.807) is 0 Å². The number of morpholine rings is 1. The van der Waals surface area contributed by atoms with Gasteiger partial charge in [0.15, 0.2) is 0 Å². The summed E-state index contributed by atoms with van der Waals surface area (Å²) in [6, 6.07) is 2.75. The number of hydrogen-bond donors (Lipinski definition) is 1. The van der Waals surface area contributed by atoms with Crippen LogP contribution < -0.4 is 5.32 Å². The molecule has 0 bridgehead atoms. The van der Waals surface area contributed by atoms with Crippen LogP contribution in [0.2, 0.25) is 0 Å². The molecule has 6 heteroatoms. The van der Waals surface area contributed by atoms with E-state index >= 15 is 0 Å². The summed E-state index contributed by atoms with van der Waals surface area (Å²) in [6.45, 7) is 9.18. The Morgan fingerprint density at radius 3 is 2.54 bits per heavy atom. The van der Waals surface area contributed by atoms with E-state index in [9.17, 15) is 4.79 Å². The lowest BCUT2D eigenvalue weighted by Crippen LogP contribution is -2.42. The molecule has 2 saturated heterocycles. The van der Waals surface area contributed by atoms with E-state index in [4.69, 9.17) is 9.15 Å². The molecule has 1 aliphatic carbocycles. The van der Waals surface area contributed by atoms with Crippen LogP contribution >= 0.6 is 0 Å². The molecule has 0 radical (unpaired) electrons. The van der Waals surface area contributed by atoms with Crippen molar-refractivity contribution in [3.8, 4) is 0 Å². The molecule has 1 N–H and O–H groups in total. The highest BCUT2D eigenvalue weighted by atomic mass is 16.5. The van der Waals surface area contributed by atoms with Gasteiger partial charge < -0.3 is 19.4 Å². The van der Waals surface area contributed by atoms with Crippen LogP contribution in [0.4, 0.5) is 0 Å². The average Bonchev–Trinajstić information content (AvgIpc) is 3.37. The molecule has 0 unspecified atom stereocenters. The molecule has 1 saturated carbocycles. The van der Waals surface area contributed by atoms with Crippen LogP contribution in [0, 0.1) is 12.8 Å². The number of nitrogens with one attached hydrogen (secondary N) is 1. The minimum absolute atomic E-state index is 0.00713. The molecular formula is C22H35N3O3. The van der Waals surface area contributed by atoms with E-state index < -0.39 is 0 Å². The summed E-state index contributed by atoms with van der Waals surface area (Å²) in [6.07, 6.45) is 7.96. The number of aryl methyl sites for hydroxylation is 1. The molecule has 4 rings (SSSR count). The van der Waals surface area contributed by atoms with E-state index in [0.717, 1.165) is 57.0 Å². The van der Waals surface area contributed by atoms with Gasteiger partial charge in [0, 0.05) is 25.7 Å². The van der Waals surface area contributed by atoms with E-state index in [1.807, 2.05) is 13.0 Å². The van der Waals surface area contributed by atoms with E-state index in [0.29, 0.717) is 11.5 Å². The van der Waals surface area contributed by atoms with Gasteiger partial charge in [-0.2, -0.15) is 0 Å². The second-order valence-electron chi connectivity index (χ2n) is 8.70. The largest absolute Gasteiger partial charge is 0.464 e. The Morgan fingerprint density at radius 1 is 1.11 bits per heavy atom. The van der Waals surface area contributed by atoms with Crippen molar-refractivity contribution in [2.24, 2.45) is 5.92 Å². The van der Waals surface area contributed by atoms with Crippen molar-refractivity contribution in [2.45, 2.75) is 58.0 Å². The zero-order chi connectivity index (χ0) is 19.3. The fourth-order valence-corrected chi connectivity index (χ4v) is 4.95. The first-order valence-electron chi connectivity index (χ1n) is 11.1. The number of rotatable bonds is 6. The lowest BCUT2D eigenvalue weighted by atomic mass is 9.95. The van der Waals surface area contributed by atoms with Crippen LogP contribution in [0.25, 0.3) is 0 Å². The van der Waals surface area contributed by atoms with Gasteiger partial charge in [-0.25, -0.2) is 0 Å². The third kappa shape index (κ3) is 4.97. The third-order valence-corrected chi connectivity index (χ3v) is 6.74. The van der Waals surface area contributed by atoms with Gasteiger partial charge in [0.2, 0.25) is 0 Å². The fourth-order valence-electron chi connectivity index (χ4n) is 4.95. The van der Waals surface area contributed by atoms with Gasteiger partial charge in [-0.3, -0.25) is 9.69 Å². The van der Waals surface area contributed by atoms with Gasteiger partial charge in [-0.05, 0) is 57.7 Å². The van der Waals surface area contributed by atoms with Crippen molar-refractivity contribution in [1.29, 1.82) is 0 Å². The number of furan rings is 1. The summed E-state index contributed by atoms with van der Waals surface area (Å²) in [5.74, 6) is 2.19. The van der Waals surface area contributed by atoms with Gasteiger partial charge in [0.05, 0.1) is 25.3 Å². The van der Waals surface area contributed by atoms with Crippen molar-refractivity contribution in [2.75, 3.05) is 45.9 Å². The predicted molar refractivity (Wildman–Crippen MR) is 108 cm³/mol. The molecule has 1 aromatic heterocycles. The number of likely N-dealkylation sites (tertiary alicyclic amines) is 1. The maximum Gasteiger partial charge on any atom is 0.254 e. The third-order valence-electron chi connectivity index (χ3n) is 6.74. The quantitative estimate of drug-likeness (QED) is 0.811. The number of carbonyl (C=O) groups is 1. The van der Waals surface area contributed by atoms with Gasteiger partial charge >= 0.3 is 0 Å². The molecule has 0 atom stereocenters. The Kier molecular flexibility index (Phi) is 6.70. The van der Waals surface area contributed by atoms with Crippen LogP contribution in [-0.2, 0) is 11.3 Å². The highest BCUT2D eigenvalue weighted by Gasteiger charge is 2.27. The van der Waals surface area contributed by atoms with Gasteiger partial charge in [0.25, 0.3) is 5.91 Å². The fraction of sp³-hybridized carbons (Fsp3) is 0.773. The number of ether oxygens (including phenoxy) is 1. The summed E-state index contributed by atoms with van der Waals surface area (Å²) in [7, 11) is 0. The second kappa shape index (κ2) is 9.42. The highest BCUT2D eigenvalue weighted by molar-refractivity contribution is 5.95. The Bertz CT molecular complexity index is 639. The van der Waals surface area contributed by atoms with Crippen LogP contribution in [0.1, 0.15) is 60.4 Å². The van der Waals surface area contributed by atoms with Crippen molar-refractivity contribution < 1.29 is 13.9 Å². The Balaban J connectivity index is 1.22. The molecule has 2 aliphatic heterocycles. The van der Waals surface area contributed by atoms with Crippen molar-refractivity contribution in [3.05, 3.63) is 23.2 Å². The standard InChI is InChI=1S/C22H35N3O3/c1-17-21(14-20(28-17)16-24-10-12-27-13-11-24)22(26)23-15-18-6-8-25(9-7-18)19-4-2-3-5-19/h14,18-19H,2-13,15-16H2,1H3,(H,23,26). The van der Waals surface area contributed by atoms with Crippen LogP contribution in [0.5, 0.6) is 0 Å². The first kappa shape index (κ1) is 19.9. The smallest absolute Gasteiger partial charge is 0.254 e. The summed E-state index contributed by atoms with van der Waals surface area (Å²) in [4.78, 5) is 17.7. The molecule has 3 fully saturated rings. The number of piperidine rings is 1. The van der Waals surface area contributed by atoms with Gasteiger partial charge in [0.1, 0.15) is 11.5 Å². The van der Waals surface area contributed by atoms with E-state index in [1.165, 1.54) is 51.6 Å². The van der Waals surface area contributed by atoms with Gasteiger partial charge in [-0.1, -0.05) is 12.8 Å². The predicted octanol–water partition coefficient (Wildman–Crippen LogP) is 2.80. The molecular weight excluding hydrogens is 354 g/mol. The molecule has 1 amide bonds. The van der Waals surface area contributed by atoms with Gasteiger partial charge in [-0.15, -0.1) is 0 Å². The minimum Gasteiger partial charge on any atom is -0.464 e. The van der Waals surface area contributed by atoms with Crippen molar-refractivity contribution in [1.82, 2.24) is 15.1 Å². The Morgan fingerprint density at radius 2 is 1.82 bits per heavy atom. The molecule has 1 aromatic rings. The summed E-state index contributed by atoms with van der Waals surface area (Å²) in [5, 5.41) is 3.16. The van der Waals surface area contributed by atoms with Crippen molar-refractivity contribution >= 4 is 5.91 Å². The summed E-state index contributed by atoms with van der Waals surface area (Å²) in [5.41, 5.74) is 0.687. The number of carbonyl (C=O) groups excluding carboxylic acids is 1. The molecule has 0 aromatic carbocycles. The maximum absolute atomic E-state index is 12.7. The number of hydrogen-bond acceptors (Lipinski definition) is 5. The summed E-state index contributed by atoms with van der Waals surface area (Å²) >= 11 is 0. The average molecular weight is 390 g/mol. The van der Waals surface area contributed by atoms with Crippen LogP contribution in [0.3, 0.4) is 0 Å². The molecule has 3 aliphatic rings. The molecule has 0 spiro atoms. The SMILES string of the molecule is Cc1oc(CN2CCOCC2)cc1C(=O)NCC1CCN(C2CCCC2)CC1. The first-order chi connectivity index (χ1) is 13.7. The summed E-state index contributed by atoms with van der Waals surface area (Å²) < 4.78 is 11.2. The second-order valence-corrected chi connectivity index (χ2v) is 8.70. The monoisotopic (exact) mass is 389 g/mol. The van der Waals surface area contributed by atoms with E-state index in [-0.39, 0.29) is 5.91 Å². The molecule has 6 nitrogen and oxygen atoms in total. The molecule has 156 valence electrons. The lowest BCUT2D eigenvalue weighted by molar-refractivity contribution is 0.0312. The van der Waals surface area contributed by atoms with Crippen LogP contribution in [0.15, 0.2) is 10.5 Å². The normalized spacial score (nSPS) is 23.3. The maximum atomic E-state index is 12.7. The highest BCUT2D eigenvalue weighted by Crippen LogP contribution is 2.27. The van der Waals surface area contributed by atoms with Crippen molar-refractivity contribution in [3.63, 3.8) is 0 Å². The number of amides is 1. The molecule has 3 heterocycles. The van der Waals surface area contributed by atoms with E-state index in [2.05, 4.69) is 15.1 Å². The zero-order valence-corrected chi connectivity index (χ0v) is 17.3. The van der Waals surface area contributed by atoms with Crippen LogP contribution in [-0.4, -0.2) is 67.7 Å². The Labute approximate surface area is 168 Å². The number of nitrogens with zero attached hydrogens (tertiary/aromatic N) is 2. The minimum atomic E-state index is 0.00713. The lowest BCUT2D eigenvalue weighted by Gasteiger charge is -2.36. The zero-order valence-electron chi connectivity index (χ0n) is 17.3. The topological polar surface area (TPSA) is 58.0 Å². The Hall–Kier alpha value is -1.37.